The van der Waals surface area contributed by atoms with Gasteiger partial charge in [-0.3, -0.25) is 4.52 Å². The molecule has 0 aliphatic carbocycles. The molecule has 1 unspecified atom stereocenters. The minimum atomic E-state index is -4.60. The number of phosphoric ester groups is 1. The van der Waals surface area contributed by atoms with Gasteiger partial charge in [-0.1, -0.05) is 121 Å². The second kappa shape index (κ2) is 21.4. The summed E-state index contributed by atoms with van der Waals surface area (Å²) < 4.78 is 27.2. The van der Waals surface area contributed by atoms with Crippen molar-refractivity contribution < 1.29 is 28.3 Å². The van der Waals surface area contributed by atoms with Crippen LogP contribution in [0, 0.1) is 0 Å². The second-order valence-electron chi connectivity index (χ2n) is 9.22. The molecular formula is C27H49O6P. The van der Waals surface area contributed by atoms with Gasteiger partial charge in [0.05, 0.1) is 6.61 Å². The molecule has 198 valence electrons. The maximum absolute atomic E-state index is 11.2. The molecule has 0 amide bonds. The summed E-state index contributed by atoms with van der Waals surface area (Å²) in [6.45, 7) is 2.95. The van der Waals surface area contributed by atoms with Crippen LogP contribution >= 0.6 is 7.82 Å². The predicted octanol–water partition coefficient (Wildman–Crippen LogP) is 7.82. The Morgan fingerprint density at radius 2 is 1.18 bits per heavy atom. The highest BCUT2D eigenvalue weighted by molar-refractivity contribution is 7.46. The Morgan fingerprint density at radius 3 is 1.65 bits per heavy atom. The summed E-state index contributed by atoms with van der Waals surface area (Å²) in [5, 5.41) is 0. The van der Waals surface area contributed by atoms with Crippen LogP contribution in [0.15, 0.2) is 30.3 Å². The van der Waals surface area contributed by atoms with Gasteiger partial charge in [-0.2, -0.15) is 0 Å². The Hall–Kier alpha value is -0.910. The molecule has 0 heterocycles. The van der Waals surface area contributed by atoms with Crippen LogP contribution in [0.5, 0.6) is 5.75 Å². The Labute approximate surface area is 208 Å². The summed E-state index contributed by atoms with van der Waals surface area (Å²) in [7, 11) is -4.60. The molecule has 7 heteroatoms. The van der Waals surface area contributed by atoms with Crippen LogP contribution in [0.4, 0.5) is 0 Å². The average Bonchev–Trinajstić information content (AvgIpc) is 2.81. The van der Waals surface area contributed by atoms with Crippen LogP contribution in [0.25, 0.3) is 0 Å². The van der Waals surface area contributed by atoms with Gasteiger partial charge >= 0.3 is 7.82 Å². The third-order valence-electron chi connectivity index (χ3n) is 5.91. The highest BCUT2D eigenvalue weighted by atomic mass is 31.2. The number of hydrogen-bond donors (Lipinski definition) is 2. The van der Waals surface area contributed by atoms with E-state index in [-0.39, 0.29) is 13.2 Å². The zero-order chi connectivity index (χ0) is 24.7. The van der Waals surface area contributed by atoms with Crippen LogP contribution in [-0.4, -0.2) is 35.7 Å². The summed E-state index contributed by atoms with van der Waals surface area (Å²) in [4.78, 5) is 18.2. The van der Waals surface area contributed by atoms with E-state index in [2.05, 4.69) is 6.92 Å². The maximum atomic E-state index is 11.2. The van der Waals surface area contributed by atoms with E-state index in [1.165, 1.54) is 89.9 Å². The van der Waals surface area contributed by atoms with Gasteiger partial charge < -0.3 is 19.3 Å². The molecule has 1 aromatic carbocycles. The summed E-state index contributed by atoms with van der Waals surface area (Å²) >= 11 is 0. The number of hydrogen-bond acceptors (Lipinski definition) is 4. The van der Waals surface area contributed by atoms with E-state index in [1.54, 1.807) is 12.1 Å². The Kier molecular flexibility index (Phi) is 19.6. The molecule has 34 heavy (non-hydrogen) atoms. The number of para-hydroxylation sites is 1. The second-order valence-corrected chi connectivity index (χ2v) is 10.4. The fourth-order valence-electron chi connectivity index (χ4n) is 3.98. The number of rotatable bonds is 24. The molecule has 0 saturated heterocycles. The van der Waals surface area contributed by atoms with E-state index < -0.39 is 13.9 Å². The van der Waals surface area contributed by atoms with Crippen molar-refractivity contribution >= 4 is 7.82 Å². The molecular weight excluding hydrogens is 451 g/mol. The van der Waals surface area contributed by atoms with Crippen molar-refractivity contribution in [2.75, 3.05) is 19.8 Å². The van der Waals surface area contributed by atoms with Crippen LogP contribution < -0.4 is 4.74 Å². The first-order chi connectivity index (χ1) is 16.5. The third kappa shape index (κ3) is 20.5. The molecule has 1 aromatic rings. The van der Waals surface area contributed by atoms with Gasteiger partial charge in [-0.05, 0) is 18.6 Å². The fraction of sp³-hybridized carbons (Fsp3) is 0.778. The van der Waals surface area contributed by atoms with E-state index >= 15 is 0 Å². The van der Waals surface area contributed by atoms with Crippen LogP contribution in [0.1, 0.15) is 110 Å². The fourth-order valence-corrected chi connectivity index (χ4v) is 4.49. The van der Waals surface area contributed by atoms with E-state index in [1.807, 2.05) is 18.2 Å². The van der Waals surface area contributed by atoms with Crippen molar-refractivity contribution in [1.29, 1.82) is 0 Å². The minimum absolute atomic E-state index is 0.0219. The summed E-state index contributed by atoms with van der Waals surface area (Å²) in [5.41, 5.74) is 0. The Morgan fingerprint density at radius 1 is 0.706 bits per heavy atom. The third-order valence-corrected chi connectivity index (χ3v) is 6.48. The lowest BCUT2D eigenvalue weighted by Crippen LogP contribution is -2.26. The molecule has 0 bridgehead atoms. The van der Waals surface area contributed by atoms with Crippen LogP contribution in [0.2, 0.25) is 0 Å². The van der Waals surface area contributed by atoms with Gasteiger partial charge in [0.2, 0.25) is 0 Å². The molecule has 1 atom stereocenters. The van der Waals surface area contributed by atoms with Crippen molar-refractivity contribution in [2.45, 2.75) is 116 Å². The first-order valence-corrected chi connectivity index (χ1v) is 15.0. The van der Waals surface area contributed by atoms with Gasteiger partial charge in [0, 0.05) is 6.61 Å². The topological polar surface area (TPSA) is 85.2 Å². The van der Waals surface area contributed by atoms with Crippen LogP contribution in [-0.2, 0) is 13.8 Å². The summed E-state index contributed by atoms with van der Waals surface area (Å²) in [6.07, 6.45) is 20.3. The Balaban J connectivity index is 1.93. The van der Waals surface area contributed by atoms with E-state index in [9.17, 15) is 4.57 Å². The summed E-state index contributed by atoms with van der Waals surface area (Å²) in [5.74, 6) is 0.625. The molecule has 0 aromatic heterocycles. The maximum Gasteiger partial charge on any atom is 0.470 e. The molecule has 2 N–H and O–H groups in total. The van der Waals surface area contributed by atoms with Gasteiger partial charge in [0.1, 0.15) is 18.5 Å². The molecule has 0 aliphatic heterocycles. The molecule has 6 nitrogen and oxygen atoms in total. The number of unbranched alkanes of at least 4 members (excludes halogenated alkanes) is 15. The van der Waals surface area contributed by atoms with Gasteiger partial charge in [-0.25, -0.2) is 4.57 Å². The monoisotopic (exact) mass is 500 g/mol. The van der Waals surface area contributed by atoms with Crippen molar-refractivity contribution in [3.63, 3.8) is 0 Å². The summed E-state index contributed by atoms with van der Waals surface area (Å²) in [6, 6.07) is 9.11. The largest absolute Gasteiger partial charge is 0.491 e. The van der Waals surface area contributed by atoms with Crippen molar-refractivity contribution in [3.05, 3.63) is 30.3 Å². The highest BCUT2D eigenvalue weighted by Crippen LogP contribution is 2.37. The van der Waals surface area contributed by atoms with E-state index in [0.29, 0.717) is 12.4 Å². The van der Waals surface area contributed by atoms with Crippen molar-refractivity contribution in [3.8, 4) is 5.75 Å². The normalized spacial score (nSPS) is 12.7. The standard InChI is InChI=1S/C27H49O6P/c1-2-3-4-5-6-7-8-9-10-11-12-13-14-15-16-20-23-31-24-27(33-34(28,29)30)25-32-26-21-18-17-19-22-26/h17-19,21-22,27H,2-16,20,23-25H2,1H3,(H2,28,29,30). The lowest BCUT2D eigenvalue weighted by molar-refractivity contribution is 0.00943. The SMILES string of the molecule is CCCCCCCCCCCCCCCCCCOCC(COc1ccccc1)OP(=O)(O)O. The van der Waals surface area contributed by atoms with E-state index in [4.69, 9.17) is 23.8 Å². The number of benzene rings is 1. The first kappa shape index (κ1) is 31.1. The smallest absolute Gasteiger partial charge is 0.470 e. The van der Waals surface area contributed by atoms with Crippen molar-refractivity contribution in [2.24, 2.45) is 0 Å². The zero-order valence-corrected chi connectivity index (χ0v) is 22.3. The molecule has 0 aliphatic rings. The highest BCUT2D eigenvalue weighted by Gasteiger charge is 2.23. The quantitative estimate of drug-likeness (QED) is 0.111. The zero-order valence-electron chi connectivity index (χ0n) is 21.4. The molecule has 0 spiro atoms. The van der Waals surface area contributed by atoms with Gasteiger partial charge in [0.15, 0.2) is 0 Å². The lowest BCUT2D eigenvalue weighted by Gasteiger charge is -2.19. The Bertz CT molecular complexity index is 606. The predicted molar refractivity (Wildman–Crippen MR) is 139 cm³/mol. The molecule has 1 rings (SSSR count). The van der Waals surface area contributed by atoms with Crippen molar-refractivity contribution in [1.82, 2.24) is 0 Å². The minimum Gasteiger partial charge on any atom is -0.491 e. The number of ether oxygens (including phenoxy) is 2. The molecule has 0 fully saturated rings. The van der Waals surface area contributed by atoms with Gasteiger partial charge in [-0.15, -0.1) is 0 Å². The lowest BCUT2D eigenvalue weighted by atomic mass is 10.0. The molecule has 0 radical (unpaired) electrons. The van der Waals surface area contributed by atoms with Crippen LogP contribution in [0.3, 0.4) is 0 Å². The first-order valence-electron chi connectivity index (χ1n) is 13.5. The molecule has 0 saturated carbocycles. The van der Waals surface area contributed by atoms with E-state index in [0.717, 1.165) is 12.8 Å². The van der Waals surface area contributed by atoms with Gasteiger partial charge in [0.25, 0.3) is 0 Å². The number of phosphoric acid groups is 1. The average molecular weight is 501 g/mol.